The first kappa shape index (κ1) is 14.8. The molecule has 0 atom stereocenters. The van der Waals surface area contributed by atoms with Crippen molar-refractivity contribution in [3.05, 3.63) is 11.1 Å². The van der Waals surface area contributed by atoms with Crippen LogP contribution in [-0.2, 0) is 14.3 Å². The van der Waals surface area contributed by atoms with Gasteiger partial charge in [-0.2, -0.15) is 0 Å². The summed E-state index contributed by atoms with van der Waals surface area (Å²) in [6.07, 6.45) is 0.0631. The Balaban J connectivity index is 4.69. The number of allylic oxidation sites excluding steroid dienone is 1. The minimum absolute atomic E-state index is 0.0631. The molecule has 0 bridgehead atoms. The minimum atomic E-state index is -0.578. The van der Waals surface area contributed by atoms with Crippen LogP contribution in [0.5, 0.6) is 0 Å². The van der Waals surface area contributed by atoms with E-state index in [1.54, 1.807) is 6.92 Å². The van der Waals surface area contributed by atoms with Crippen molar-refractivity contribution in [2.45, 2.75) is 41.0 Å². The molecule has 0 aromatic heterocycles. The first-order valence-corrected chi connectivity index (χ1v) is 5.33. The third-order valence-electron chi connectivity index (χ3n) is 2.55. The van der Waals surface area contributed by atoms with E-state index in [9.17, 15) is 9.59 Å². The molecule has 0 radical (unpaired) electrons. The topological polar surface area (TPSA) is 69.4 Å². The Bertz CT molecular complexity index is 311. The van der Waals surface area contributed by atoms with Crippen LogP contribution in [0.2, 0.25) is 0 Å². The van der Waals surface area contributed by atoms with Gasteiger partial charge in [0.1, 0.15) is 0 Å². The molecule has 0 saturated carbocycles. The fourth-order valence-electron chi connectivity index (χ4n) is 1.06. The maximum atomic E-state index is 11.6. The number of carbonyl (C=O) groups is 2. The molecule has 0 heterocycles. The van der Waals surface area contributed by atoms with Crippen LogP contribution in [0.25, 0.3) is 0 Å². The number of hydrogen-bond acceptors (Lipinski definition) is 4. The van der Waals surface area contributed by atoms with Gasteiger partial charge in [-0.1, -0.05) is 26.3 Å². The molecule has 0 aliphatic carbocycles. The summed E-state index contributed by atoms with van der Waals surface area (Å²) in [5, 5.41) is 0. The molecule has 2 N–H and O–H groups in total. The molecule has 4 heteroatoms. The van der Waals surface area contributed by atoms with Crippen LogP contribution in [0.1, 0.15) is 41.0 Å². The molecule has 92 valence electrons. The van der Waals surface area contributed by atoms with Crippen LogP contribution in [-0.4, -0.2) is 18.5 Å². The van der Waals surface area contributed by atoms with Gasteiger partial charge in [-0.15, -0.1) is 0 Å². The third kappa shape index (κ3) is 4.57. The van der Waals surface area contributed by atoms with Gasteiger partial charge in [0, 0.05) is 12.1 Å². The van der Waals surface area contributed by atoms with Gasteiger partial charge in [-0.25, -0.2) is 4.79 Å². The number of esters is 2. The number of rotatable bonds is 3. The second-order valence-electron chi connectivity index (χ2n) is 4.80. The van der Waals surface area contributed by atoms with Crippen molar-refractivity contribution in [1.82, 2.24) is 0 Å². The van der Waals surface area contributed by atoms with Crippen molar-refractivity contribution in [3.63, 3.8) is 0 Å². The Morgan fingerprint density at radius 2 is 1.69 bits per heavy atom. The highest BCUT2D eigenvalue weighted by Crippen LogP contribution is 2.27. The van der Waals surface area contributed by atoms with E-state index < -0.39 is 11.9 Å². The largest absolute Gasteiger partial charge is 0.390 e. The molecular formula is C12H21NO3. The van der Waals surface area contributed by atoms with Crippen LogP contribution in [0.15, 0.2) is 11.1 Å². The second-order valence-corrected chi connectivity index (χ2v) is 4.80. The molecule has 4 nitrogen and oxygen atoms in total. The first-order chi connectivity index (χ1) is 7.20. The SMILES string of the molecule is CC(C(=O)OC(=O)CCN)=C(C)C(C)(C)C. The van der Waals surface area contributed by atoms with E-state index in [-0.39, 0.29) is 18.4 Å². The summed E-state index contributed by atoms with van der Waals surface area (Å²) in [5.74, 6) is -1.15. The molecule has 0 unspecified atom stereocenters. The molecule has 0 aliphatic heterocycles. The number of hydrogen-bond donors (Lipinski definition) is 1. The first-order valence-electron chi connectivity index (χ1n) is 5.33. The highest BCUT2D eigenvalue weighted by molar-refractivity contribution is 5.96. The number of carbonyl (C=O) groups excluding carboxylic acids is 2. The average molecular weight is 227 g/mol. The monoisotopic (exact) mass is 227 g/mol. The van der Waals surface area contributed by atoms with E-state index in [0.29, 0.717) is 5.57 Å². The minimum Gasteiger partial charge on any atom is -0.390 e. The Morgan fingerprint density at radius 3 is 2.06 bits per heavy atom. The lowest BCUT2D eigenvalue weighted by molar-refractivity contribution is -0.156. The Morgan fingerprint density at radius 1 is 1.19 bits per heavy atom. The molecule has 0 spiro atoms. The zero-order valence-corrected chi connectivity index (χ0v) is 10.7. The molecule has 0 aliphatic rings. The van der Waals surface area contributed by atoms with Crippen LogP contribution in [0.4, 0.5) is 0 Å². The molecule has 16 heavy (non-hydrogen) atoms. The van der Waals surface area contributed by atoms with Gasteiger partial charge in [-0.3, -0.25) is 4.79 Å². The average Bonchev–Trinajstić information content (AvgIpc) is 2.14. The lowest BCUT2D eigenvalue weighted by atomic mass is 9.85. The molecule has 0 saturated heterocycles. The summed E-state index contributed by atoms with van der Waals surface area (Å²) in [6, 6.07) is 0. The van der Waals surface area contributed by atoms with Crippen LogP contribution in [0.3, 0.4) is 0 Å². The van der Waals surface area contributed by atoms with E-state index in [1.807, 2.05) is 27.7 Å². The zero-order valence-electron chi connectivity index (χ0n) is 10.7. The predicted octanol–water partition coefficient (Wildman–Crippen LogP) is 1.79. The summed E-state index contributed by atoms with van der Waals surface area (Å²) >= 11 is 0. The van der Waals surface area contributed by atoms with Crippen molar-refractivity contribution in [2.24, 2.45) is 11.1 Å². The maximum absolute atomic E-state index is 11.6. The van der Waals surface area contributed by atoms with Gasteiger partial charge >= 0.3 is 11.9 Å². The lowest BCUT2D eigenvalue weighted by Gasteiger charge is -2.21. The van der Waals surface area contributed by atoms with Gasteiger partial charge in [0.2, 0.25) is 0 Å². The Kier molecular flexibility index (Phi) is 5.38. The van der Waals surface area contributed by atoms with Crippen molar-refractivity contribution >= 4 is 11.9 Å². The van der Waals surface area contributed by atoms with E-state index in [0.717, 1.165) is 5.57 Å². The van der Waals surface area contributed by atoms with Crippen LogP contribution in [0, 0.1) is 5.41 Å². The maximum Gasteiger partial charge on any atom is 0.341 e. The number of ether oxygens (including phenoxy) is 1. The lowest BCUT2D eigenvalue weighted by Crippen LogP contribution is -2.19. The van der Waals surface area contributed by atoms with Gasteiger partial charge in [0.05, 0.1) is 6.42 Å². The summed E-state index contributed by atoms with van der Waals surface area (Å²) in [5.41, 5.74) is 6.47. The zero-order chi connectivity index (χ0) is 12.9. The van der Waals surface area contributed by atoms with Crippen LogP contribution < -0.4 is 5.73 Å². The molecule has 0 fully saturated rings. The second kappa shape index (κ2) is 5.80. The molecular weight excluding hydrogens is 206 g/mol. The van der Waals surface area contributed by atoms with Crippen LogP contribution >= 0.6 is 0 Å². The summed E-state index contributed by atoms with van der Waals surface area (Å²) < 4.78 is 4.65. The van der Waals surface area contributed by atoms with Crippen molar-refractivity contribution in [2.75, 3.05) is 6.54 Å². The van der Waals surface area contributed by atoms with Gasteiger partial charge in [0.15, 0.2) is 0 Å². The fraction of sp³-hybridized carbons (Fsp3) is 0.667. The van der Waals surface area contributed by atoms with E-state index in [4.69, 9.17) is 5.73 Å². The van der Waals surface area contributed by atoms with Crippen molar-refractivity contribution in [1.29, 1.82) is 0 Å². The predicted molar refractivity (Wildman–Crippen MR) is 62.6 cm³/mol. The highest BCUT2D eigenvalue weighted by atomic mass is 16.6. The Hall–Kier alpha value is -1.16. The van der Waals surface area contributed by atoms with E-state index in [2.05, 4.69) is 4.74 Å². The molecule has 0 rings (SSSR count). The van der Waals surface area contributed by atoms with Gasteiger partial charge < -0.3 is 10.5 Å². The van der Waals surface area contributed by atoms with Crippen molar-refractivity contribution in [3.8, 4) is 0 Å². The Labute approximate surface area is 96.8 Å². The molecule has 0 aromatic carbocycles. The van der Waals surface area contributed by atoms with Gasteiger partial charge in [-0.05, 0) is 19.3 Å². The van der Waals surface area contributed by atoms with Crippen molar-refractivity contribution < 1.29 is 14.3 Å². The quantitative estimate of drug-likeness (QED) is 0.453. The normalized spacial score (nSPS) is 13.1. The highest BCUT2D eigenvalue weighted by Gasteiger charge is 2.20. The number of nitrogens with two attached hydrogens (primary N) is 1. The fourth-order valence-corrected chi connectivity index (χ4v) is 1.06. The van der Waals surface area contributed by atoms with E-state index in [1.165, 1.54) is 0 Å². The summed E-state index contributed by atoms with van der Waals surface area (Å²) in [4.78, 5) is 22.7. The summed E-state index contributed by atoms with van der Waals surface area (Å²) in [6.45, 7) is 9.72. The standard InChI is InChI=1S/C12H21NO3/c1-8(9(2)12(3,4)5)11(15)16-10(14)6-7-13/h6-7,13H2,1-5H3. The third-order valence-corrected chi connectivity index (χ3v) is 2.55. The van der Waals surface area contributed by atoms with E-state index >= 15 is 0 Å². The molecule has 0 aromatic rings. The molecule has 0 amide bonds. The smallest absolute Gasteiger partial charge is 0.341 e. The summed E-state index contributed by atoms with van der Waals surface area (Å²) in [7, 11) is 0. The van der Waals surface area contributed by atoms with Gasteiger partial charge in [0.25, 0.3) is 0 Å².